The summed E-state index contributed by atoms with van der Waals surface area (Å²) in [6.45, 7) is 5.03. The van der Waals surface area contributed by atoms with Crippen LogP contribution in [0, 0.1) is 0 Å². The van der Waals surface area contributed by atoms with Crippen molar-refractivity contribution in [3.05, 3.63) is 36.5 Å². The maximum atomic E-state index is 11.3. The second kappa shape index (κ2) is 4.75. The van der Waals surface area contributed by atoms with Crippen molar-refractivity contribution in [3.8, 4) is 0 Å². The number of nitrogens with one attached hydrogen (secondary N) is 1. The van der Waals surface area contributed by atoms with Crippen LogP contribution in [0.2, 0.25) is 0 Å². The molecule has 0 fully saturated rings. The summed E-state index contributed by atoms with van der Waals surface area (Å²) < 4.78 is 21.6. The maximum Gasteiger partial charge on any atom is 0.247 e. The van der Waals surface area contributed by atoms with Crippen molar-refractivity contribution in [2.45, 2.75) is 13.0 Å². The monoisotopic (exact) mass is 225 g/mol. The van der Waals surface area contributed by atoms with E-state index in [-0.39, 0.29) is 10.8 Å². The number of carbonyl (C=O) groups excluding carboxylic acids is 1. The van der Waals surface area contributed by atoms with Gasteiger partial charge in [-0.05, 0) is 13.0 Å². The molecule has 1 aliphatic carbocycles. The molecule has 0 aromatic carbocycles. The summed E-state index contributed by atoms with van der Waals surface area (Å²) in [5, 5.41) is 2.54. The predicted octanol–water partition coefficient (Wildman–Crippen LogP) is 0.225. The molecule has 0 spiro atoms. The van der Waals surface area contributed by atoms with E-state index in [0.717, 1.165) is 0 Å². The van der Waals surface area contributed by atoms with Gasteiger partial charge >= 0.3 is 0 Å². The molecule has 5 heteroatoms. The maximum absolute atomic E-state index is 11.3. The Kier molecular flexibility index (Phi) is 3.62. The van der Waals surface area contributed by atoms with Crippen LogP contribution in [0.15, 0.2) is 36.5 Å². The fourth-order valence-corrected chi connectivity index (χ4v) is 1.60. The molecule has 1 atom stereocenters. The molecule has 0 saturated heterocycles. The molecule has 0 saturated carbocycles. The van der Waals surface area contributed by atoms with E-state index in [4.69, 9.17) is 0 Å². The first-order valence-corrected chi connectivity index (χ1v) is 5.37. The van der Waals surface area contributed by atoms with Crippen molar-refractivity contribution in [2.75, 3.05) is 0 Å². The number of hydrogen-bond acceptors (Lipinski definition) is 3. The van der Waals surface area contributed by atoms with Gasteiger partial charge in [0, 0.05) is 5.57 Å². The minimum Gasteiger partial charge on any atom is -0.341 e. The van der Waals surface area contributed by atoms with Crippen LogP contribution < -0.4 is 5.32 Å². The summed E-state index contributed by atoms with van der Waals surface area (Å²) in [6, 6.07) is -0.600. The highest BCUT2D eigenvalue weighted by Gasteiger charge is 2.16. The van der Waals surface area contributed by atoms with Gasteiger partial charge in [-0.25, -0.2) is 0 Å². The van der Waals surface area contributed by atoms with Gasteiger partial charge in [-0.1, -0.05) is 24.8 Å². The van der Waals surface area contributed by atoms with Crippen LogP contribution in [0.1, 0.15) is 6.92 Å². The average Bonchev–Trinajstić information content (AvgIpc) is 2.18. The van der Waals surface area contributed by atoms with Crippen LogP contribution >= 0.6 is 0 Å². The summed E-state index contributed by atoms with van der Waals surface area (Å²) >= 11 is 0. The van der Waals surface area contributed by atoms with Gasteiger partial charge in [-0.15, -0.1) is 0 Å². The van der Waals surface area contributed by atoms with E-state index in [1.165, 1.54) is 6.08 Å². The van der Waals surface area contributed by atoms with E-state index >= 15 is 0 Å². The minimum absolute atomic E-state index is 0.145. The number of allylic oxidation sites excluding steroid dienone is 2. The summed E-state index contributed by atoms with van der Waals surface area (Å²) in [7, 11) is -2.33. The zero-order chi connectivity index (χ0) is 11.4. The lowest BCUT2D eigenvalue weighted by molar-refractivity contribution is -0.117. The van der Waals surface area contributed by atoms with Crippen molar-refractivity contribution in [1.82, 2.24) is 5.32 Å². The van der Waals surface area contributed by atoms with Gasteiger partial charge in [0.05, 0.1) is 10.9 Å². The highest BCUT2D eigenvalue weighted by molar-refractivity contribution is 7.73. The van der Waals surface area contributed by atoms with E-state index in [1.54, 1.807) is 25.2 Å². The molecule has 0 radical (unpaired) electrons. The van der Waals surface area contributed by atoms with Crippen LogP contribution in [-0.4, -0.2) is 25.2 Å². The molecule has 0 heterocycles. The van der Waals surface area contributed by atoms with Gasteiger partial charge in [-0.2, -0.15) is 8.42 Å². The highest BCUT2D eigenvalue weighted by Crippen LogP contribution is 2.01. The Bertz CT molecular complexity index is 475. The summed E-state index contributed by atoms with van der Waals surface area (Å²) in [4.78, 5) is 11.4. The topological polar surface area (TPSA) is 63.2 Å². The van der Waals surface area contributed by atoms with Crippen LogP contribution in [0.4, 0.5) is 0 Å². The molecule has 1 rings (SSSR count). The molecule has 0 aromatic rings. The van der Waals surface area contributed by atoms with E-state index in [1.807, 2.05) is 0 Å². The second-order valence-electron chi connectivity index (χ2n) is 3.11. The fraction of sp³-hybridized carbons (Fsp3) is 0.200. The summed E-state index contributed by atoms with van der Waals surface area (Å²) in [5.74, 6) is -0.358. The van der Waals surface area contributed by atoms with E-state index in [2.05, 4.69) is 11.9 Å². The average molecular weight is 225 g/mol. The Morgan fingerprint density at radius 3 is 2.67 bits per heavy atom. The third-order valence-corrected chi connectivity index (χ3v) is 2.62. The van der Waals surface area contributed by atoms with Crippen molar-refractivity contribution in [2.24, 2.45) is 0 Å². The summed E-state index contributed by atoms with van der Waals surface area (Å²) in [6.07, 6.45) is 6.34. The zero-order valence-electron chi connectivity index (χ0n) is 8.23. The zero-order valence-corrected chi connectivity index (χ0v) is 9.04. The van der Waals surface area contributed by atoms with Crippen molar-refractivity contribution in [1.29, 1.82) is 0 Å². The summed E-state index contributed by atoms with van der Waals surface area (Å²) in [5.41, 5.74) is 0.342. The van der Waals surface area contributed by atoms with Gasteiger partial charge in [0.1, 0.15) is 0 Å². The second-order valence-corrected chi connectivity index (χ2v) is 4.05. The first-order valence-electron chi connectivity index (χ1n) is 4.29. The smallest absolute Gasteiger partial charge is 0.247 e. The molecule has 1 aliphatic rings. The van der Waals surface area contributed by atoms with Gasteiger partial charge in [-0.3, -0.25) is 4.79 Å². The lowest BCUT2D eigenvalue weighted by Gasteiger charge is -2.15. The Morgan fingerprint density at radius 1 is 1.47 bits per heavy atom. The standard InChI is InChI=1S/C10H11NO3S/c1-7(2)10(12)11-8-5-3-4-6-9(8)15(13)14/h3-6,8H,1H2,2H3,(H,11,12). The van der Waals surface area contributed by atoms with Gasteiger partial charge < -0.3 is 5.32 Å². The molecule has 1 N–H and O–H groups in total. The molecule has 4 nitrogen and oxygen atoms in total. The molecule has 15 heavy (non-hydrogen) atoms. The first-order chi connectivity index (χ1) is 7.02. The largest absolute Gasteiger partial charge is 0.341 e. The fourth-order valence-electron chi connectivity index (χ4n) is 1.07. The van der Waals surface area contributed by atoms with E-state index in [9.17, 15) is 13.2 Å². The normalized spacial score (nSPS) is 18.7. The molecule has 1 unspecified atom stereocenters. The van der Waals surface area contributed by atoms with Crippen LogP contribution in [0.5, 0.6) is 0 Å². The lowest BCUT2D eigenvalue weighted by atomic mass is 10.1. The Labute approximate surface area is 89.5 Å². The molecular formula is C10H11NO3S. The molecule has 0 bridgehead atoms. The predicted molar refractivity (Wildman–Crippen MR) is 59.0 cm³/mol. The van der Waals surface area contributed by atoms with Gasteiger partial charge in [0.15, 0.2) is 0 Å². The quantitative estimate of drug-likeness (QED) is 0.540. The first kappa shape index (κ1) is 11.5. The third kappa shape index (κ3) is 2.92. The van der Waals surface area contributed by atoms with Crippen molar-refractivity contribution >= 4 is 21.1 Å². The molecular weight excluding hydrogens is 214 g/mol. The molecule has 80 valence electrons. The van der Waals surface area contributed by atoms with Crippen LogP contribution in [0.3, 0.4) is 0 Å². The molecule has 0 aliphatic heterocycles. The Balaban J connectivity index is 2.92. The van der Waals surface area contributed by atoms with Crippen molar-refractivity contribution in [3.63, 3.8) is 0 Å². The highest BCUT2D eigenvalue weighted by atomic mass is 32.2. The lowest BCUT2D eigenvalue weighted by Crippen LogP contribution is -2.40. The molecule has 1 amide bonds. The number of hydrogen-bond donors (Lipinski definition) is 1. The third-order valence-electron chi connectivity index (χ3n) is 1.85. The van der Waals surface area contributed by atoms with Crippen LogP contribution in [-0.2, 0) is 15.1 Å². The van der Waals surface area contributed by atoms with E-state index in [0.29, 0.717) is 5.57 Å². The van der Waals surface area contributed by atoms with Gasteiger partial charge in [0.25, 0.3) is 0 Å². The Hall–Kier alpha value is -1.62. The van der Waals surface area contributed by atoms with Crippen LogP contribution in [0.25, 0.3) is 0 Å². The minimum atomic E-state index is -2.33. The number of carbonyl (C=O) groups is 1. The Morgan fingerprint density at radius 2 is 2.13 bits per heavy atom. The van der Waals surface area contributed by atoms with Gasteiger partial charge in [0.2, 0.25) is 16.2 Å². The van der Waals surface area contributed by atoms with E-state index < -0.39 is 16.3 Å². The number of amides is 1. The SMILES string of the molecule is C=C(C)C(=O)NC1C=CC=CC1=S(=O)=O. The molecule has 0 aromatic heterocycles. The van der Waals surface area contributed by atoms with Crippen molar-refractivity contribution < 1.29 is 13.2 Å². The number of rotatable bonds is 2.